The second-order valence-electron chi connectivity index (χ2n) is 2.20. The first-order valence-corrected chi connectivity index (χ1v) is 5.02. The minimum absolute atomic E-state index is 0.193. The molecule has 0 heterocycles. The number of aliphatic hydroxyl groups is 1. The van der Waals surface area contributed by atoms with Gasteiger partial charge in [0.15, 0.2) is 6.10 Å². The molecule has 0 aromatic carbocycles. The van der Waals surface area contributed by atoms with Crippen molar-refractivity contribution in [3.05, 3.63) is 0 Å². The Morgan fingerprint density at radius 3 is 2.38 bits per heavy atom. The lowest BCUT2D eigenvalue weighted by atomic mass is 10.4. The maximum atomic E-state index is 10.8. The van der Waals surface area contributed by atoms with Crippen LogP contribution in [0.4, 0.5) is 0 Å². The number of nitrogens with one attached hydrogen (secondary N) is 2. The van der Waals surface area contributed by atoms with E-state index in [1.807, 2.05) is 4.72 Å². The summed E-state index contributed by atoms with van der Waals surface area (Å²) in [6, 6.07) is 0. The minimum Gasteiger partial charge on any atom is -0.479 e. The molecule has 0 rings (SSSR count). The highest BCUT2D eigenvalue weighted by molar-refractivity contribution is 7.87. The van der Waals surface area contributed by atoms with Gasteiger partial charge in [-0.1, -0.05) is 6.92 Å². The number of aliphatic hydroxyl groups excluding tert-OH is 1. The molecule has 0 saturated carbocycles. The van der Waals surface area contributed by atoms with Gasteiger partial charge in [0.25, 0.3) is 10.2 Å². The first-order chi connectivity index (χ1) is 5.89. The zero-order valence-electron chi connectivity index (χ0n) is 7.02. The van der Waals surface area contributed by atoms with Crippen molar-refractivity contribution in [2.45, 2.75) is 13.0 Å². The lowest BCUT2D eigenvalue weighted by Crippen LogP contribution is -2.42. The molecule has 0 aliphatic heterocycles. The molecule has 0 aromatic heterocycles. The van der Waals surface area contributed by atoms with Crippen LogP contribution in [0.15, 0.2) is 0 Å². The molecule has 7 nitrogen and oxygen atoms in total. The molecule has 78 valence electrons. The third-order valence-electron chi connectivity index (χ3n) is 1.09. The van der Waals surface area contributed by atoms with Crippen LogP contribution < -0.4 is 9.44 Å². The summed E-state index contributed by atoms with van der Waals surface area (Å²) in [7, 11) is -3.68. The van der Waals surface area contributed by atoms with Crippen LogP contribution in [0.2, 0.25) is 0 Å². The maximum absolute atomic E-state index is 10.8. The summed E-state index contributed by atoms with van der Waals surface area (Å²) in [5, 5.41) is 16.9. The van der Waals surface area contributed by atoms with Gasteiger partial charge in [0.05, 0.1) is 0 Å². The number of rotatable bonds is 6. The van der Waals surface area contributed by atoms with E-state index in [0.29, 0.717) is 0 Å². The molecule has 13 heavy (non-hydrogen) atoms. The second kappa shape index (κ2) is 5.12. The van der Waals surface area contributed by atoms with Gasteiger partial charge in [-0.2, -0.15) is 13.1 Å². The Kier molecular flexibility index (Phi) is 4.85. The van der Waals surface area contributed by atoms with Crippen LogP contribution in [-0.4, -0.2) is 43.8 Å². The van der Waals surface area contributed by atoms with E-state index in [-0.39, 0.29) is 6.54 Å². The van der Waals surface area contributed by atoms with Gasteiger partial charge in [-0.05, 0) is 0 Å². The van der Waals surface area contributed by atoms with Crippen LogP contribution in [0.1, 0.15) is 6.92 Å². The number of hydrogen-bond donors (Lipinski definition) is 4. The fourth-order valence-corrected chi connectivity index (χ4v) is 1.38. The second-order valence-corrected chi connectivity index (χ2v) is 3.79. The van der Waals surface area contributed by atoms with Crippen molar-refractivity contribution in [2.75, 3.05) is 13.1 Å². The van der Waals surface area contributed by atoms with Gasteiger partial charge in [-0.3, -0.25) is 0 Å². The number of carboxylic acid groups (broad SMARTS) is 1. The highest BCUT2D eigenvalue weighted by atomic mass is 32.2. The predicted molar refractivity (Wildman–Crippen MR) is 44.2 cm³/mol. The Morgan fingerprint density at radius 2 is 2.00 bits per heavy atom. The SMILES string of the molecule is CCNS(=O)(=O)NCC(O)C(=O)O. The van der Waals surface area contributed by atoms with Gasteiger partial charge in [0.2, 0.25) is 0 Å². The molecular formula is C5H12N2O5S. The van der Waals surface area contributed by atoms with E-state index in [0.717, 1.165) is 0 Å². The standard InChI is InChI=1S/C5H12N2O5S/c1-2-6-13(11,12)7-3-4(8)5(9)10/h4,6-8H,2-3H2,1H3,(H,9,10). The molecule has 4 N–H and O–H groups in total. The van der Waals surface area contributed by atoms with Crippen LogP contribution in [0.3, 0.4) is 0 Å². The Labute approximate surface area is 75.9 Å². The van der Waals surface area contributed by atoms with E-state index in [9.17, 15) is 13.2 Å². The maximum Gasteiger partial charge on any atom is 0.333 e. The Morgan fingerprint density at radius 1 is 1.46 bits per heavy atom. The normalized spacial score (nSPS) is 14.0. The van der Waals surface area contributed by atoms with Crippen LogP contribution in [0.25, 0.3) is 0 Å². The predicted octanol–water partition coefficient (Wildman–Crippen LogP) is -2.12. The van der Waals surface area contributed by atoms with Gasteiger partial charge >= 0.3 is 5.97 Å². The molecule has 0 fully saturated rings. The van der Waals surface area contributed by atoms with Crippen LogP contribution in [-0.2, 0) is 15.0 Å². The van der Waals surface area contributed by atoms with E-state index >= 15 is 0 Å². The fourth-order valence-electron chi connectivity index (χ4n) is 0.517. The summed E-state index contributed by atoms with van der Waals surface area (Å²) in [4.78, 5) is 10.1. The lowest BCUT2D eigenvalue weighted by Gasteiger charge is -2.08. The number of carbonyl (C=O) groups is 1. The Bertz CT molecular complexity index is 262. The highest BCUT2D eigenvalue weighted by Crippen LogP contribution is 1.82. The zero-order valence-corrected chi connectivity index (χ0v) is 7.84. The summed E-state index contributed by atoms with van der Waals surface area (Å²) in [5.74, 6) is -1.47. The van der Waals surface area contributed by atoms with Crippen LogP contribution in [0, 0.1) is 0 Å². The van der Waals surface area contributed by atoms with Gasteiger partial charge in [-0.15, -0.1) is 0 Å². The molecule has 0 bridgehead atoms. The molecule has 0 spiro atoms. The topological polar surface area (TPSA) is 116 Å². The lowest BCUT2D eigenvalue weighted by molar-refractivity contribution is -0.146. The first kappa shape index (κ1) is 12.3. The summed E-state index contributed by atoms with van der Waals surface area (Å²) in [6.45, 7) is 1.22. The molecule has 1 unspecified atom stereocenters. The molecular weight excluding hydrogens is 200 g/mol. The zero-order chi connectivity index (χ0) is 10.5. The van der Waals surface area contributed by atoms with Gasteiger partial charge in [0, 0.05) is 13.1 Å². The van der Waals surface area contributed by atoms with Crippen LogP contribution >= 0.6 is 0 Å². The fraction of sp³-hybridized carbons (Fsp3) is 0.800. The van der Waals surface area contributed by atoms with Gasteiger partial charge < -0.3 is 10.2 Å². The molecule has 0 aliphatic rings. The van der Waals surface area contributed by atoms with E-state index in [2.05, 4.69) is 4.72 Å². The van der Waals surface area contributed by atoms with Crippen molar-refractivity contribution in [1.29, 1.82) is 0 Å². The van der Waals surface area contributed by atoms with Crippen LogP contribution in [0.5, 0.6) is 0 Å². The van der Waals surface area contributed by atoms with E-state index in [4.69, 9.17) is 10.2 Å². The van der Waals surface area contributed by atoms with Crippen molar-refractivity contribution in [3.8, 4) is 0 Å². The molecule has 8 heteroatoms. The van der Waals surface area contributed by atoms with E-state index in [1.54, 1.807) is 6.92 Å². The highest BCUT2D eigenvalue weighted by Gasteiger charge is 2.16. The molecule has 0 saturated heterocycles. The minimum atomic E-state index is -3.68. The van der Waals surface area contributed by atoms with E-state index in [1.165, 1.54) is 0 Å². The van der Waals surface area contributed by atoms with Crippen molar-refractivity contribution in [1.82, 2.24) is 9.44 Å². The monoisotopic (exact) mass is 212 g/mol. The third kappa shape index (κ3) is 5.53. The number of aliphatic carboxylic acids is 1. The van der Waals surface area contributed by atoms with Crippen molar-refractivity contribution in [2.24, 2.45) is 0 Å². The molecule has 0 amide bonds. The first-order valence-electron chi connectivity index (χ1n) is 3.54. The average Bonchev–Trinajstić information content (AvgIpc) is 2.00. The Hall–Kier alpha value is -0.700. The molecule has 0 radical (unpaired) electrons. The average molecular weight is 212 g/mol. The van der Waals surface area contributed by atoms with Crippen molar-refractivity contribution in [3.63, 3.8) is 0 Å². The third-order valence-corrected chi connectivity index (χ3v) is 2.30. The smallest absolute Gasteiger partial charge is 0.333 e. The van der Waals surface area contributed by atoms with Crippen molar-refractivity contribution < 1.29 is 23.4 Å². The summed E-state index contributed by atoms with van der Waals surface area (Å²) in [5.41, 5.74) is 0. The number of carboxylic acids is 1. The number of hydrogen-bond acceptors (Lipinski definition) is 4. The summed E-state index contributed by atoms with van der Waals surface area (Å²) in [6.07, 6.45) is -1.73. The molecule has 0 aromatic rings. The van der Waals surface area contributed by atoms with Gasteiger partial charge in [-0.25, -0.2) is 9.52 Å². The van der Waals surface area contributed by atoms with Crippen molar-refractivity contribution >= 4 is 16.2 Å². The summed E-state index contributed by atoms with van der Waals surface area (Å²) < 4.78 is 25.6. The largest absolute Gasteiger partial charge is 0.479 e. The quantitative estimate of drug-likeness (QED) is 0.401. The molecule has 0 aliphatic carbocycles. The van der Waals surface area contributed by atoms with E-state index < -0.39 is 28.8 Å². The summed E-state index contributed by atoms with van der Waals surface area (Å²) >= 11 is 0. The Balaban J connectivity index is 3.95. The molecule has 1 atom stereocenters. The van der Waals surface area contributed by atoms with Gasteiger partial charge in [0.1, 0.15) is 0 Å².